The summed E-state index contributed by atoms with van der Waals surface area (Å²) in [5, 5.41) is -0.265. The minimum atomic E-state index is -3.77. The molecule has 152 valence electrons. The van der Waals surface area contributed by atoms with E-state index in [1.165, 1.54) is 12.1 Å². The molecule has 11 heteroatoms. The van der Waals surface area contributed by atoms with Crippen LogP contribution in [0, 0.1) is 11.7 Å². The lowest BCUT2D eigenvalue weighted by Crippen LogP contribution is -2.44. The van der Waals surface area contributed by atoms with E-state index in [2.05, 4.69) is 4.98 Å². The number of nitrogens with one attached hydrogen (secondary N) is 2. The quantitative estimate of drug-likeness (QED) is 0.681. The number of hydrogen-bond acceptors (Lipinski definition) is 5. The van der Waals surface area contributed by atoms with Crippen LogP contribution in [0.1, 0.15) is 23.2 Å². The summed E-state index contributed by atoms with van der Waals surface area (Å²) in [6.07, 6.45) is 4.50. The third kappa shape index (κ3) is 5.07. The Kier molecular flexibility index (Phi) is 6.33. The van der Waals surface area contributed by atoms with Crippen LogP contribution in [0.2, 0.25) is 5.02 Å². The van der Waals surface area contributed by atoms with Crippen molar-refractivity contribution in [2.45, 2.75) is 12.8 Å². The van der Waals surface area contributed by atoms with Crippen LogP contribution in [0.3, 0.4) is 0 Å². The molecule has 1 saturated heterocycles. The lowest BCUT2D eigenvalue weighted by atomic mass is 10.0. The number of ether oxygens (including phenoxy) is 1. The van der Waals surface area contributed by atoms with Gasteiger partial charge in [0.1, 0.15) is 0 Å². The maximum atomic E-state index is 14.3. The topological polar surface area (TPSA) is 102 Å². The molecule has 1 aliphatic rings. The van der Waals surface area contributed by atoms with Gasteiger partial charge in [0, 0.05) is 32.0 Å². The first kappa shape index (κ1) is 20.7. The molecule has 2 heterocycles. The molecule has 3 rings (SSSR count). The zero-order chi connectivity index (χ0) is 20.3. The van der Waals surface area contributed by atoms with Gasteiger partial charge in [-0.25, -0.2) is 17.8 Å². The van der Waals surface area contributed by atoms with Gasteiger partial charge in [0.2, 0.25) is 10.0 Å². The second kappa shape index (κ2) is 8.56. The molecule has 2 N–H and O–H groups in total. The molecule has 8 nitrogen and oxygen atoms in total. The van der Waals surface area contributed by atoms with Crippen molar-refractivity contribution in [3.8, 4) is 11.3 Å². The summed E-state index contributed by atoms with van der Waals surface area (Å²) >= 11 is 5.90. The van der Waals surface area contributed by atoms with Crippen molar-refractivity contribution in [3.63, 3.8) is 0 Å². The third-order valence-electron chi connectivity index (χ3n) is 4.39. The van der Waals surface area contributed by atoms with Crippen molar-refractivity contribution >= 4 is 27.5 Å². The van der Waals surface area contributed by atoms with Crippen molar-refractivity contribution in [2.24, 2.45) is 13.0 Å². The molecular formula is C17H20ClFN4O4S. The Bertz CT molecular complexity index is 974. The van der Waals surface area contributed by atoms with Gasteiger partial charge in [0.05, 0.1) is 28.4 Å². The fourth-order valence-corrected chi connectivity index (χ4v) is 4.43. The first-order chi connectivity index (χ1) is 13.2. The van der Waals surface area contributed by atoms with Crippen molar-refractivity contribution < 1.29 is 22.3 Å². The van der Waals surface area contributed by atoms with E-state index >= 15 is 0 Å². The largest absolute Gasteiger partial charge is 0.381 e. The highest BCUT2D eigenvalue weighted by Gasteiger charge is 2.23. The highest BCUT2D eigenvalue weighted by Crippen LogP contribution is 2.27. The second-order valence-corrected chi connectivity index (χ2v) is 8.81. The van der Waals surface area contributed by atoms with Crippen LogP contribution < -0.4 is 10.3 Å². The minimum Gasteiger partial charge on any atom is -0.381 e. The molecule has 28 heavy (non-hydrogen) atoms. The Morgan fingerprint density at radius 2 is 2.11 bits per heavy atom. The fourth-order valence-electron chi connectivity index (χ4n) is 2.92. The molecule has 0 saturated carbocycles. The fraction of sp³-hybridized carbons (Fsp3) is 0.412. The van der Waals surface area contributed by atoms with Gasteiger partial charge in [-0.1, -0.05) is 11.6 Å². The smallest absolute Gasteiger partial charge is 0.269 e. The second-order valence-electron chi connectivity index (χ2n) is 6.64. The van der Waals surface area contributed by atoms with Crippen LogP contribution in [-0.4, -0.2) is 42.8 Å². The Labute approximate surface area is 167 Å². The molecular weight excluding hydrogens is 411 g/mol. The van der Waals surface area contributed by atoms with Crippen molar-refractivity contribution in [1.29, 1.82) is 0 Å². The summed E-state index contributed by atoms with van der Waals surface area (Å²) in [4.78, 5) is 18.5. The van der Waals surface area contributed by atoms with Crippen LogP contribution in [0.25, 0.3) is 11.3 Å². The highest BCUT2D eigenvalue weighted by atomic mass is 35.5. The number of hydrazine groups is 1. The number of sulfonamides is 1. The molecule has 2 aromatic rings. The molecule has 1 aliphatic heterocycles. The number of rotatable bonds is 6. The van der Waals surface area contributed by atoms with Crippen LogP contribution in [0.15, 0.2) is 24.7 Å². The molecule has 0 aliphatic carbocycles. The van der Waals surface area contributed by atoms with E-state index in [1.807, 2.05) is 10.3 Å². The summed E-state index contributed by atoms with van der Waals surface area (Å²) in [5.41, 5.74) is 2.59. The summed E-state index contributed by atoms with van der Waals surface area (Å²) in [7, 11) is -2.01. The lowest BCUT2D eigenvalue weighted by Gasteiger charge is -2.21. The van der Waals surface area contributed by atoms with Gasteiger partial charge in [-0.2, -0.15) is 0 Å². The van der Waals surface area contributed by atoms with Crippen molar-refractivity contribution in [3.05, 3.63) is 41.1 Å². The third-order valence-corrected chi connectivity index (χ3v) is 5.99. The van der Waals surface area contributed by atoms with Gasteiger partial charge in [0.15, 0.2) is 5.82 Å². The predicted octanol–water partition coefficient (Wildman–Crippen LogP) is 1.87. The molecule has 0 bridgehead atoms. The molecule has 0 spiro atoms. The number of carbonyl (C=O) groups is 1. The zero-order valence-corrected chi connectivity index (χ0v) is 16.7. The summed E-state index contributed by atoms with van der Waals surface area (Å²) < 4.78 is 45.6. The van der Waals surface area contributed by atoms with Gasteiger partial charge in [-0.15, -0.1) is 4.83 Å². The maximum absolute atomic E-state index is 14.3. The number of imidazole rings is 1. The molecule has 1 fully saturated rings. The SMILES string of the molecule is Cn1cnc(-c2cc(Cl)c(F)c(C(=O)NNS(=O)(=O)CC3CCOCC3)c2)c1. The normalized spacial score (nSPS) is 15.5. The van der Waals surface area contributed by atoms with Crippen molar-refractivity contribution in [2.75, 3.05) is 19.0 Å². The molecule has 1 amide bonds. The number of benzene rings is 1. The van der Waals surface area contributed by atoms with E-state index in [0.29, 0.717) is 37.3 Å². The first-order valence-corrected chi connectivity index (χ1v) is 10.6. The summed E-state index contributed by atoms with van der Waals surface area (Å²) in [5.74, 6) is -2.09. The number of aryl methyl sites for hydroxylation is 1. The monoisotopic (exact) mass is 430 g/mol. The van der Waals surface area contributed by atoms with Gasteiger partial charge in [0.25, 0.3) is 5.91 Å². The first-order valence-electron chi connectivity index (χ1n) is 8.60. The summed E-state index contributed by atoms with van der Waals surface area (Å²) in [6, 6.07) is 2.62. The van der Waals surface area contributed by atoms with Crippen LogP contribution in [0.4, 0.5) is 4.39 Å². The standard InChI is InChI=1S/C17H20ClFN4O4S/c1-23-8-15(20-10-23)12-6-13(16(19)14(18)7-12)17(24)21-22-28(25,26)9-11-2-4-27-5-3-11/h6-8,10-11,22H,2-5,9H2,1H3,(H,21,24). The number of halogens is 2. The number of amides is 1. The Balaban J connectivity index is 1.72. The highest BCUT2D eigenvalue weighted by molar-refractivity contribution is 7.89. The van der Waals surface area contributed by atoms with E-state index in [9.17, 15) is 17.6 Å². The van der Waals surface area contributed by atoms with E-state index in [-0.39, 0.29) is 22.3 Å². The summed E-state index contributed by atoms with van der Waals surface area (Å²) in [6.45, 7) is 1.02. The van der Waals surface area contributed by atoms with Crippen LogP contribution >= 0.6 is 11.6 Å². The molecule has 0 atom stereocenters. The van der Waals surface area contributed by atoms with E-state index in [4.69, 9.17) is 16.3 Å². The van der Waals surface area contributed by atoms with Crippen LogP contribution in [-0.2, 0) is 21.8 Å². The van der Waals surface area contributed by atoms with Crippen molar-refractivity contribution in [1.82, 2.24) is 19.8 Å². The van der Waals surface area contributed by atoms with Gasteiger partial charge in [-0.05, 0) is 30.9 Å². The molecule has 1 aromatic carbocycles. The minimum absolute atomic E-state index is 0.0539. The van der Waals surface area contributed by atoms with E-state index < -0.39 is 21.7 Å². The van der Waals surface area contributed by atoms with E-state index in [1.54, 1.807) is 24.1 Å². The van der Waals surface area contributed by atoms with E-state index in [0.717, 1.165) is 0 Å². The van der Waals surface area contributed by atoms with Gasteiger partial charge < -0.3 is 9.30 Å². The molecule has 1 aromatic heterocycles. The Morgan fingerprint density at radius 1 is 1.39 bits per heavy atom. The predicted molar refractivity (Wildman–Crippen MR) is 102 cm³/mol. The van der Waals surface area contributed by atoms with Gasteiger partial charge >= 0.3 is 0 Å². The molecule has 0 unspecified atom stereocenters. The number of aromatic nitrogens is 2. The average Bonchev–Trinajstić information content (AvgIpc) is 3.09. The Morgan fingerprint density at radius 3 is 2.75 bits per heavy atom. The van der Waals surface area contributed by atoms with Gasteiger partial charge in [-0.3, -0.25) is 10.2 Å². The van der Waals surface area contributed by atoms with Crippen LogP contribution in [0.5, 0.6) is 0 Å². The Hall–Kier alpha value is -2.01. The molecule has 0 radical (unpaired) electrons. The average molecular weight is 431 g/mol. The zero-order valence-electron chi connectivity index (χ0n) is 15.1. The maximum Gasteiger partial charge on any atom is 0.269 e. The lowest BCUT2D eigenvalue weighted by molar-refractivity contribution is 0.0722. The number of nitrogens with zero attached hydrogens (tertiary/aromatic N) is 2. The number of hydrogen-bond donors (Lipinski definition) is 2. The number of carbonyl (C=O) groups excluding carboxylic acids is 1.